The van der Waals surface area contributed by atoms with Gasteiger partial charge in [-0.25, -0.2) is 0 Å². The third-order valence-electron chi connectivity index (χ3n) is 2.57. The van der Waals surface area contributed by atoms with E-state index in [0.717, 1.165) is 15.2 Å². The van der Waals surface area contributed by atoms with E-state index in [9.17, 15) is 4.79 Å². The lowest BCUT2D eigenvalue weighted by Gasteiger charge is -2.10. The topological polar surface area (TPSA) is 78.3 Å². The lowest BCUT2D eigenvalue weighted by molar-refractivity contribution is -0.119. The van der Waals surface area contributed by atoms with Crippen LogP contribution in [0.25, 0.3) is 10.8 Å². The van der Waals surface area contributed by atoms with Gasteiger partial charge in [0.1, 0.15) is 18.4 Å². The third-order valence-corrected chi connectivity index (χ3v) is 3.06. The van der Waals surface area contributed by atoms with Crippen LogP contribution in [0.4, 0.5) is 0 Å². The molecule has 5 heteroatoms. The molecule has 2 rings (SSSR count). The largest absolute Gasteiger partial charge is 0.491 e. The van der Waals surface area contributed by atoms with Gasteiger partial charge in [0, 0.05) is 4.47 Å². The van der Waals surface area contributed by atoms with Crippen molar-refractivity contribution >= 4 is 32.6 Å². The van der Waals surface area contributed by atoms with Crippen LogP contribution in [-0.2, 0) is 4.79 Å². The molecular weight excluding hydrogens is 296 g/mol. The fourth-order valence-electron chi connectivity index (χ4n) is 1.55. The predicted molar refractivity (Wildman–Crippen MR) is 74.3 cm³/mol. The Labute approximate surface area is 113 Å². The van der Waals surface area contributed by atoms with Gasteiger partial charge in [0.15, 0.2) is 0 Å². The molecule has 4 nitrogen and oxygen atoms in total. The average molecular weight is 309 g/mol. The van der Waals surface area contributed by atoms with E-state index in [1.807, 2.05) is 36.4 Å². The highest BCUT2D eigenvalue weighted by atomic mass is 79.9. The maximum absolute atomic E-state index is 10.8. The first-order valence-electron chi connectivity index (χ1n) is 5.43. The summed E-state index contributed by atoms with van der Waals surface area (Å²) in [7, 11) is 0. The summed E-state index contributed by atoms with van der Waals surface area (Å²) in [5.41, 5.74) is 10.5. The zero-order chi connectivity index (χ0) is 13.1. The molecule has 0 aliphatic rings. The highest BCUT2D eigenvalue weighted by Gasteiger charge is 2.09. The molecule has 0 heterocycles. The first-order valence-corrected chi connectivity index (χ1v) is 6.22. The highest BCUT2D eigenvalue weighted by molar-refractivity contribution is 9.10. The number of carbonyl (C=O) groups is 1. The third kappa shape index (κ3) is 3.00. The molecule has 1 amide bonds. The fraction of sp³-hybridized carbons (Fsp3) is 0.154. The Hall–Kier alpha value is -1.59. The van der Waals surface area contributed by atoms with Crippen LogP contribution in [0.15, 0.2) is 40.9 Å². The maximum atomic E-state index is 10.8. The van der Waals surface area contributed by atoms with E-state index in [0.29, 0.717) is 5.75 Å². The van der Waals surface area contributed by atoms with Crippen molar-refractivity contribution in [1.82, 2.24) is 0 Å². The quantitative estimate of drug-likeness (QED) is 0.904. The van der Waals surface area contributed by atoms with Crippen LogP contribution >= 0.6 is 15.9 Å². The zero-order valence-corrected chi connectivity index (χ0v) is 11.2. The fourth-order valence-corrected chi connectivity index (χ4v) is 1.93. The van der Waals surface area contributed by atoms with Gasteiger partial charge >= 0.3 is 0 Å². The van der Waals surface area contributed by atoms with E-state index in [1.54, 1.807) is 0 Å². The molecule has 0 fully saturated rings. The van der Waals surface area contributed by atoms with Crippen LogP contribution < -0.4 is 16.2 Å². The highest BCUT2D eigenvalue weighted by Crippen LogP contribution is 2.24. The van der Waals surface area contributed by atoms with Crippen molar-refractivity contribution in [2.45, 2.75) is 6.04 Å². The second-order valence-corrected chi connectivity index (χ2v) is 4.89. The van der Waals surface area contributed by atoms with Crippen LogP contribution in [0.2, 0.25) is 0 Å². The van der Waals surface area contributed by atoms with Gasteiger partial charge in [0.05, 0.1) is 0 Å². The molecule has 0 saturated carbocycles. The summed E-state index contributed by atoms with van der Waals surface area (Å²) >= 11 is 3.42. The molecule has 0 saturated heterocycles. The number of halogens is 1. The molecule has 94 valence electrons. The number of carbonyl (C=O) groups excluding carboxylic acids is 1. The number of benzene rings is 2. The Morgan fingerprint density at radius 1 is 1.22 bits per heavy atom. The van der Waals surface area contributed by atoms with Crippen molar-refractivity contribution in [3.63, 3.8) is 0 Å². The number of ether oxygens (including phenoxy) is 1. The van der Waals surface area contributed by atoms with Crippen molar-refractivity contribution < 1.29 is 9.53 Å². The minimum atomic E-state index is -0.786. The van der Waals surface area contributed by atoms with Crippen molar-refractivity contribution in [2.24, 2.45) is 11.5 Å². The van der Waals surface area contributed by atoms with E-state index in [1.165, 1.54) is 0 Å². The van der Waals surface area contributed by atoms with Gasteiger partial charge in [-0.3, -0.25) is 4.79 Å². The summed E-state index contributed by atoms with van der Waals surface area (Å²) in [6.45, 7) is 0.0807. The van der Waals surface area contributed by atoms with Crippen molar-refractivity contribution in [1.29, 1.82) is 0 Å². The molecule has 2 aromatic rings. The van der Waals surface area contributed by atoms with Crippen LogP contribution in [0.5, 0.6) is 5.75 Å². The van der Waals surface area contributed by atoms with Gasteiger partial charge in [-0.1, -0.05) is 28.1 Å². The number of primary amides is 1. The molecule has 0 radical (unpaired) electrons. The molecule has 1 unspecified atom stereocenters. The standard InChI is InChI=1S/C13H13BrN2O2/c14-10-3-1-9-6-11(4-2-8(9)5-10)18-7-12(15)13(16)17/h1-6,12H,7,15H2,(H2,16,17). The molecule has 1 atom stereocenters. The summed E-state index contributed by atoms with van der Waals surface area (Å²) in [4.78, 5) is 10.8. The normalized spacial score (nSPS) is 12.3. The van der Waals surface area contributed by atoms with E-state index in [2.05, 4.69) is 15.9 Å². The van der Waals surface area contributed by atoms with Gasteiger partial charge in [0.25, 0.3) is 0 Å². The number of fused-ring (bicyclic) bond motifs is 1. The summed E-state index contributed by atoms with van der Waals surface area (Å²) < 4.78 is 6.46. The Morgan fingerprint density at radius 2 is 1.89 bits per heavy atom. The van der Waals surface area contributed by atoms with Gasteiger partial charge in [-0.2, -0.15) is 0 Å². The van der Waals surface area contributed by atoms with Crippen LogP contribution in [-0.4, -0.2) is 18.6 Å². The van der Waals surface area contributed by atoms with E-state index in [-0.39, 0.29) is 6.61 Å². The second-order valence-electron chi connectivity index (χ2n) is 3.97. The molecule has 18 heavy (non-hydrogen) atoms. The van der Waals surface area contributed by atoms with E-state index >= 15 is 0 Å². The molecular formula is C13H13BrN2O2. The number of hydrogen-bond donors (Lipinski definition) is 2. The van der Waals surface area contributed by atoms with Crippen LogP contribution in [0.3, 0.4) is 0 Å². The monoisotopic (exact) mass is 308 g/mol. The number of hydrogen-bond acceptors (Lipinski definition) is 3. The van der Waals surface area contributed by atoms with Gasteiger partial charge in [-0.05, 0) is 35.0 Å². The Balaban J connectivity index is 2.15. The summed E-state index contributed by atoms with van der Waals surface area (Å²) in [5.74, 6) is 0.0984. The van der Waals surface area contributed by atoms with E-state index < -0.39 is 11.9 Å². The Morgan fingerprint density at radius 3 is 2.61 bits per heavy atom. The predicted octanol–water partition coefficient (Wildman–Crippen LogP) is 1.79. The molecule has 0 aliphatic carbocycles. The molecule has 0 spiro atoms. The Kier molecular flexibility index (Phi) is 3.84. The first-order chi connectivity index (χ1) is 8.56. The number of rotatable bonds is 4. The van der Waals surface area contributed by atoms with Gasteiger partial charge < -0.3 is 16.2 Å². The lowest BCUT2D eigenvalue weighted by Crippen LogP contribution is -2.41. The number of amides is 1. The number of nitrogens with two attached hydrogens (primary N) is 2. The average Bonchev–Trinajstić information content (AvgIpc) is 2.35. The molecule has 0 aromatic heterocycles. The summed E-state index contributed by atoms with van der Waals surface area (Å²) in [5, 5.41) is 2.17. The minimum absolute atomic E-state index is 0.0807. The maximum Gasteiger partial charge on any atom is 0.237 e. The Bertz CT molecular complexity index is 586. The second kappa shape index (κ2) is 5.37. The molecule has 2 aromatic carbocycles. The molecule has 0 aliphatic heterocycles. The smallest absolute Gasteiger partial charge is 0.237 e. The van der Waals surface area contributed by atoms with Gasteiger partial charge in [-0.15, -0.1) is 0 Å². The summed E-state index contributed by atoms with van der Waals surface area (Å²) in [6, 6.07) is 10.9. The molecule has 0 bridgehead atoms. The lowest BCUT2D eigenvalue weighted by atomic mass is 10.1. The molecule has 4 N–H and O–H groups in total. The zero-order valence-electron chi connectivity index (χ0n) is 9.60. The van der Waals surface area contributed by atoms with E-state index in [4.69, 9.17) is 16.2 Å². The van der Waals surface area contributed by atoms with Crippen molar-refractivity contribution in [3.8, 4) is 5.75 Å². The van der Waals surface area contributed by atoms with Crippen molar-refractivity contribution in [3.05, 3.63) is 40.9 Å². The van der Waals surface area contributed by atoms with Crippen LogP contribution in [0.1, 0.15) is 0 Å². The first kappa shape index (κ1) is 12.9. The minimum Gasteiger partial charge on any atom is -0.491 e. The SMILES string of the molecule is NC(=O)C(N)COc1ccc2cc(Br)ccc2c1. The van der Waals surface area contributed by atoms with Crippen LogP contribution in [0, 0.1) is 0 Å². The van der Waals surface area contributed by atoms with Gasteiger partial charge in [0.2, 0.25) is 5.91 Å². The summed E-state index contributed by atoms with van der Waals surface area (Å²) in [6.07, 6.45) is 0. The van der Waals surface area contributed by atoms with Crippen molar-refractivity contribution in [2.75, 3.05) is 6.61 Å².